The Labute approximate surface area is 134 Å². The van der Waals surface area contributed by atoms with Crippen molar-refractivity contribution in [3.63, 3.8) is 0 Å². The number of nitrogens with zero attached hydrogens (tertiary/aromatic N) is 2. The first-order chi connectivity index (χ1) is 11.3. The third-order valence-corrected chi connectivity index (χ3v) is 5.36. The third-order valence-electron chi connectivity index (χ3n) is 5.36. The van der Waals surface area contributed by atoms with Crippen LogP contribution in [0.3, 0.4) is 0 Å². The predicted molar refractivity (Wildman–Crippen MR) is 90.7 cm³/mol. The summed E-state index contributed by atoms with van der Waals surface area (Å²) in [6.45, 7) is 0. The predicted octanol–water partition coefficient (Wildman–Crippen LogP) is 3.99. The Morgan fingerprint density at radius 3 is 1.96 bits per heavy atom. The molecule has 2 aliphatic carbocycles. The topological polar surface area (TPSA) is 26.9 Å². The van der Waals surface area contributed by atoms with Gasteiger partial charge in [-0.1, -0.05) is 36.4 Å². The summed E-state index contributed by atoms with van der Waals surface area (Å²) >= 11 is 0. The van der Waals surface area contributed by atoms with Gasteiger partial charge in [0.15, 0.2) is 0 Å². The van der Waals surface area contributed by atoms with Crippen LogP contribution in [-0.4, -0.2) is 9.36 Å². The molecule has 0 amide bonds. The average Bonchev–Trinajstić information content (AvgIpc) is 3.29. The maximum Gasteiger partial charge on any atom is 0.275 e. The van der Waals surface area contributed by atoms with Crippen molar-refractivity contribution in [1.29, 1.82) is 0 Å². The van der Waals surface area contributed by atoms with E-state index in [4.69, 9.17) is 0 Å². The molecule has 5 rings (SSSR count). The number of benzene rings is 2. The molecule has 3 aromatic rings. The second-order valence-corrected chi connectivity index (χ2v) is 6.61. The Kier molecular flexibility index (Phi) is 2.66. The summed E-state index contributed by atoms with van der Waals surface area (Å²) in [5.74, 6) is 0.996. The average molecular weight is 302 g/mol. The Hall–Kier alpha value is -2.55. The Bertz CT molecular complexity index is 922. The van der Waals surface area contributed by atoms with Gasteiger partial charge in [-0.25, -0.2) is 9.36 Å². The molecule has 1 aromatic heterocycles. The van der Waals surface area contributed by atoms with E-state index in [1.165, 1.54) is 18.5 Å². The van der Waals surface area contributed by atoms with Crippen molar-refractivity contribution in [1.82, 2.24) is 9.36 Å². The fourth-order valence-corrected chi connectivity index (χ4v) is 4.43. The molecule has 0 radical (unpaired) electrons. The number of para-hydroxylation sites is 2. The lowest BCUT2D eigenvalue weighted by molar-refractivity contribution is 0.624. The molecule has 2 aliphatic rings. The van der Waals surface area contributed by atoms with E-state index in [-0.39, 0.29) is 5.56 Å². The highest BCUT2D eigenvalue weighted by Gasteiger charge is 2.43. The van der Waals surface area contributed by atoms with Gasteiger partial charge >= 0.3 is 0 Å². The van der Waals surface area contributed by atoms with Gasteiger partial charge in [-0.15, -0.1) is 0 Å². The van der Waals surface area contributed by atoms with E-state index in [1.54, 1.807) is 0 Å². The lowest BCUT2D eigenvalue weighted by atomic mass is 9.98. The van der Waals surface area contributed by atoms with Crippen LogP contribution in [0, 0.1) is 0 Å². The van der Waals surface area contributed by atoms with Crippen LogP contribution in [0.25, 0.3) is 11.4 Å². The highest BCUT2D eigenvalue weighted by molar-refractivity contribution is 5.46. The standard InChI is InChI=1S/C20H18N2O/c23-20-18-14-11-12-15(13-14)19(18)21(16-7-3-1-4-8-16)22(20)17-9-5-2-6-10-17/h1-10,14-15H,11-13H2. The van der Waals surface area contributed by atoms with Crippen LogP contribution in [0.5, 0.6) is 0 Å². The Morgan fingerprint density at radius 2 is 1.30 bits per heavy atom. The van der Waals surface area contributed by atoms with Gasteiger partial charge in [0, 0.05) is 11.5 Å². The van der Waals surface area contributed by atoms with Crippen LogP contribution in [0.1, 0.15) is 42.4 Å². The normalized spacial score (nSPS) is 21.6. The maximum atomic E-state index is 13.2. The zero-order valence-electron chi connectivity index (χ0n) is 12.9. The summed E-state index contributed by atoms with van der Waals surface area (Å²) in [6.07, 6.45) is 3.53. The molecule has 3 heteroatoms. The van der Waals surface area contributed by atoms with Gasteiger partial charge in [-0.3, -0.25) is 4.79 Å². The summed E-state index contributed by atoms with van der Waals surface area (Å²) < 4.78 is 4.03. The molecule has 1 saturated carbocycles. The molecule has 0 N–H and O–H groups in total. The molecular formula is C20H18N2O. The van der Waals surface area contributed by atoms with Crippen LogP contribution < -0.4 is 5.56 Å². The van der Waals surface area contributed by atoms with Gasteiger partial charge in [0.1, 0.15) is 0 Å². The first kappa shape index (κ1) is 12.9. The highest BCUT2D eigenvalue weighted by Crippen LogP contribution is 2.52. The Morgan fingerprint density at radius 1 is 0.739 bits per heavy atom. The van der Waals surface area contributed by atoms with Crippen molar-refractivity contribution < 1.29 is 0 Å². The summed E-state index contributed by atoms with van der Waals surface area (Å²) in [7, 11) is 0. The first-order valence-electron chi connectivity index (χ1n) is 8.33. The fraction of sp³-hybridized carbons (Fsp3) is 0.250. The zero-order valence-corrected chi connectivity index (χ0v) is 12.9. The van der Waals surface area contributed by atoms with Gasteiger partial charge in [0.2, 0.25) is 0 Å². The number of rotatable bonds is 2. The van der Waals surface area contributed by atoms with E-state index in [9.17, 15) is 4.79 Å². The molecule has 23 heavy (non-hydrogen) atoms. The summed E-state index contributed by atoms with van der Waals surface area (Å²) in [6, 6.07) is 20.3. The smallest absolute Gasteiger partial charge is 0.267 e. The minimum Gasteiger partial charge on any atom is -0.267 e. The van der Waals surface area contributed by atoms with Crippen LogP contribution in [0.4, 0.5) is 0 Å². The van der Waals surface area contributed by atoms with Gasteiger partial charge in [-0.2, -0.15) is 0 Å². The van der Waals surface area contributed by atoms with Gasteiger partial charge < -0.3 is 0 Å². The molecule has 0 saturated heterocycles. The van der Waals surface area contributed by atoms with E-state index < -0.39 is 0 Å². The van der Waals surface area contributed by atoms with E-state index >= 15 is 0 Å². The summed E-state index contributed by atoms with van der Waals surface area (Å²) in [5.41, 5.74) is 4.50. The Balaban J connectivity index is 1.87. The summed E-state index contributed by atoms with van der Waals surface area (Å²) in [5, 5.41) is 0. The van der Waals surface area contributed by atoms with Gasteiger partial charge in [-0.05, 0) is 49.4 Å². The van der Waals surface area contributed by atoms with Crippen LogP contribution in [0.2, 0.25) is 0 Å². The number of hydrogen-bond donors (Lipinski definition) is 0. The van der Waals surface area contributed by atoms with Crippen molar-refractivity contribution >= 4 is 0 Å². The number of fused-ring (bicyclic) bond motifs is 5. The highest BCUT2D eigenvalue weighted by atomic mass is 16.1. The largest absolute Gasteiger partial charge is 0.275 e. The van der Waals surface area contributed by atoms with Gasteiger partial charge in [0.05, 0.1) is 17.1 Å². The quantitative estimate of drug-likeness (QED) is 0.703. The minimum absolute atomic E-state index is 0.169. The molecule has 2 unspecified atom stereocenters. The minimum atomic E-state index is 0.169. The van der Waals surface area contributed by atoms with Crippen molar-refractivity contribution in [2.75, 3.05) is 0 Å². The molecule has 2 atom stereocenters. The van der Waals surface area contributed by atoms with Crippen molar-refractivity contribution in [2.24, 2.45) is 0 Å². The molecular weight excluding hydrogens is 284 g/mol. The van der Waals surface area contributed by atoms with Crippen molar-refractivity contribution in [2.45, 2.75) is 31.1 Å². The van der Waals surface area contributed by atoms with Crippen LogP contribution >= 0.6 is 0 Å². The van der Waals surface area contributed by atoms with Crippen LogP contribution in [-0.2, 0) is 0 Å². The second kappa shape index (κ2) is 4.72. The summed E-state index contributed by atoms with van der Waals surface area (Å²) in [4.78, 5) is 13.2. The molecule has 2 aromatic carbocycles. The van der Waals surface area contributed by atoms with Crippen LogP contribution in [0.15, 0.2) is 65.5 Å². The fourth-order valence-electron chi connectivity index (χ4n) is 4.43. The lowest BCUT2D eigenvalue weighted by Gasteiger charge is -2.18. The second-order valence-electron chi connectivity index (χ2n) is 6.61. The van der Waals surface area contributed by atoms with Crippen molar-refractivity contribution in [3.05, 3.63) is 82.3 Å². The molecule has 1 fully saturated rings. The zero-order chi connectivity index (χ0) is 15.4. The monoisotopic (exact) mass is 302 g/mol. The molecule has 114 valence electrons. The first-order valence-corrected chi connectivity index (χ1v) is 8.33. The van der Waals surface area contributed by atoms with E-state index in [0.29, 0.717) is 11.8 Å². The lowest BCUT2D eigenvalue weighted by Crippen LogP contribution is -2.22. The molecule has 0 aliphatic heterocycles. The van der Waals surface area contributed by atoms with Gasteiger partial charge in [0.25, 0.3) is 5.56 Å². The third kappa shape index (κ3) is 1.73. The van der Waals surface area contributed by atoms with E-state index in [2.05, 4.69) is 16.8 Å². The molecule has 0 spiro atoms. The molecule has 1 heterocycles. The van der Waals surface area contributed by atoms with Crippen molar-refractivity contribution in [3.8, 4) is 11.4 Å². The molecule has 2 bridgehead atoms. The number of hydrogen-bond acceptors (Lipinski definition) is 1. The van der Waals surface area contributed by atoms with E-state index in [1.807, 2.05) is 53.2 Å². The molecule has 3 nitrogen and oxygen atoms in total. The van der Waals surface area contributed by atoms with E-state index in [0.717, 1.165) is 23.4 Å². The SMILES string of the molecule is O=c1c2c(n(-c3ccccc3)n1-c1ccccc1)C1CCC2C1. The maximum absolute atomic E-state index is 13.2. The number of aromatic nitrogens is 2.